The van der Waals surface area contributed by atoms with Crippen LogP contribution in [0.5, 0.6) is 0 Å². The first-order valence-corrected chi connectivity index (χ1v) is 7.74. The SMILES string of the molecule is O=C(Nc1cc(Cl)ccc1Cl)C1CCCc2ccccc21. The second kappa shape index (κ2) is 6.08. The van der Waals surface area contributed by atoms with E-state index in [1.807, 2.05) is 18.2 Å². The van der Waals surface area contributed by atoms with Crippen molar-refractivity contribution in [3.8, 4) is 0 Å². The van der Waals surface area contributed by atoms with Gasteiger partial charge in [0.1, 0.15) is 0 Å². The summed E-state index contributed by atoms with van der Waals surface area (Å²) < 4.78 is 0. The Bertz CT molecular complexity index is 684. The van der Waals surface area contributed by atoms with E-state index in [0.29, 0.717) is 15.7 Å². The first-order valence-electron chi connectivity index (χ1n) is 6.99. The normalized spacial score (nSPS) is 17.1. The van der Waals surface area contributed by atoms with Crippen molar-refractivity contribution < 1.29 is 4.79 Å². The molecule has 1 aliphatic rings. The molecular formula is C17H15Cl2NO. The van der Waals surface area contributed by atoms with E-state index in [4.69, 9.17) is 23.2 Å². The predicted molar refractivity (Wildman–Crippen MR) is 87.2 cm³/mol. The third-order valence-corrected chi connectivity index (χ3v) is 4.44. The fraction of sp³-hybridized carbons (Fsp3) is 0.235. The molecular weight excluding hydrogens is 305 g/mol. The predicted octanol–water partition coefficient (Wildman–Crippen LogP) is 5.05. The average Bonchev–Trinajstić information content (AvgIpc) is 2.50. The lowest BCUT2D eigenvalue weighted by molar-refractivity contribution is -0.117. The minimum absolute atomic E-state index is 0.0219. The molecule has 0 bridgehead atoms. The monoisotopic (exact) mass is 319 g/mol. The fourth-order valence-corrected chi connectivity index (χ4v) is 3.18. The molecule has 0 heterocycles. The molecule has 2 aromatic rings. The van der Waals surface area contributed by atoms with Gasteiger partial charge in [-0.15, -0.1) is 0 Å². The molecule has 1 amide bonds. The highest BCUT2D eigenvalue weighted by Gasteiger charge is 2.26. The van der Waals surface area contributed by atoms with Gasteiger partial charge in [0.25, 0.3) is 0 Å². The average molecular weight is 320 g/mol. The Morgan fingerprint density at radius 2 is 1.95 bits per heavy atom. The number of hydrogen-bond donors (Lipinski definition) is 1. The lowest BCUT2D eigenvalue weighted by atomic mass is 9.82. The molecule has 0 aliphatic heterocycles. The number of anilines is 1. The first kappa shape index (κ1) is 14.4. The molecule has 108 valence electrons. The van der Waals surface area contributed by atoms with Gasteiger partial charge in [-0.05, 0) is 48.6 Å². The summed E-state index contributed by atoms with van der Waals surface area (Å²) in [5, 5.41) is 3.96. The molecule has 0 aromatic heterocycles. The Morgan fingerprint density at radius 3 is 2.81 bits per heavy atom. The van der Waals surface area contributed by atoms with Gasteiger partial charge < -0.3 is 5.32 Å². The van der Waals surface area contributed by atoms with E-state index in [2.05, 4.69) is 11.4 Å². The van der Waals surface area contributed by atoms with E-state index < -0.39 is 0 Å². The van der Waals surface area contributed by atoms with Crippen molar-refractivity contribution in [3.05, 3.63) is 63.6 Å². The lowest BCUT2D eigenvalue weighted by Gasteiger charge is -2.24. The van der Waals surface area contributed by atoms with Crippen molar-refractivity contribution in [2.45, 2.75) is 25.2 Å². The van der Waals surface area contributed by atoms with Crippen molar-refractivity contribution >= 4 is 34.8 Å². The molecule has 0 spiro atoms. The lowest BCUT2D eigenvalue weighted by Crippen LogP contribution is -2.24. The molecule has 0 saturated heterocycles. The molecule has 0 radical (unpaired) electrons. The summed E-state index contributed by atoms with van der Waals surface area (Å²) in [6, 6.07) is 13.2. The van der Waals surface area contributed by atoms with Crippen LogP contribution in [0.1, 0.15) is 29.9 Å². The highest BCUT2D eigenvalue weighted by molar-refractivity contribution is 6.35. The van der Waals surface area contributed by atoms with Crippen LogP contribution >= 0.6 is 23.2 Å². The second-order valence-corrected chi connectivity index (χ2v) is 6.10. The number of benzene rings is 2. The smallest absolute Gasteiger partial charge is 0.231 e. The maximum absolute atomic E-state index is 12.6. The Hall–Kier alpha value is -1.51. The quantitative estimate of drug-likeness (QED) is 0.824. The van der Waals surface area contributed by atoms with Gasteiger partial charge >= 0.3 is 0 Å². The van der Waals surface area contributed by atoms with E-state index in [9.17, 15) is 4.79 Å². The largest absolute Gasteiger partial charge is 0.324 e. The molecule has 21 heavy (non-hydrogen) atoms. The van der Waals surface area contributed by atoms with Crippen LogP contribution in [-0.4, -0.2) is 5.91 Å². The summed E-state index contributed by atoms with van der Waals surface area (Å²) in [6.45, 7) is 0. The van der Waals surface area contributed by atoms with Gasteiger partial charge in [0.2, 0.25) is 5.91 Å². The first-order chi connectivity index (χ1) is 10.1. The summed E-state index contributed by atoms with van der Waals surface area (Å²) in [5.74, 6) is -0.142. The summed E-state index contributed by atoms with van der Waals surface area (Å²) in [4.78, 5) is 12.6. The van der Waals surface area contributed by atoms with E-state index in [1.165, 1.54) is 5.56 Å². The number of amides is 1. The Morgan fingerprint density at radius 1 is 1.14 bits per heavy atom. The molecule has 1 atom stereocenters. The van der Waals surface area contributed by atoms with E-state index in [1.54, 1.807) is 18.2 Å². The number of nitrogens with one attached hydrogen (secondary N) is 1. The molecule has 3 rings (SSSR count). The molecule has 1 N–H and O–H groups in total. The maximum Gasteiger partial charge on any atom is 0.231 e. The zero-order chi connectivity index (χ0) is 14.8. The highest BCUT2D eigenvalue weighted by Crippen LogP contribution is 2.33. The Balaban J connectivity index is 1.85. The van der Waals surface area contributed by atoms with Crippen LogP contribution in [0.25, 0.3) is 0 Å². The Labute approximate surface area is 134 Å². The van der Waals surface area contributed by atoms with Crippen LogP contribution in [-0.2, 0) is 11.2 Å². The van der Waals surface area contributed by atoms with E-state index >= 15 is 0 Å². The number of carbonyl (C=O) groups is 1. The van der Waals surface area contributed by atoms with Gasteiger partial charge in [-0.2, -0.15) is 0 Å². The molecule has 1 aliphatic carbocycles. The van der Waals surface area contributed by atoms with Gasteiger partial charge in [0.15, 0.2) is 0 Å². The fourth-order valence-electron chi connectivity index (χ4n) is 2.84. The molecule has 2 nitrogen and oxygen atoms in total. The number of halogens is 2. The van der Waals surface area contributed by atoms with Crippen molar-refractivity contribution in [1.29, 1.82) is 0 Å². The van der Waals surface area contributed by atoms with Gasteiger partial charge in [-0.25, -0.2) is 0 Å². The number of hydrogen-bond acceptors (Lipinski definition) is 1. The zero-order valence-corrected chi connectivity index (χ0v) is 12.9. The standard InChI is InChI=1S/C17H15Cl2NO/c18-12-8-9-15(19)16(10-12)20-17(21)14-7-3-5-11-4-1-2-6-13(11)14/h1-2,4,6,8-10,14H,3,5,7H2,(H,20,21). The number of carbonyl (C=O) groups excluding carboxylic acids is 1. The molecule has 1 unspecified atom stereocenters. The van der Waals surface area contributed by atoms with Crippen molar-refractivity contribution in [2.75, 3.05) is 5.32 Å². The van der Waals surface area contributed by atoms with Crippen LogP contribution in [0, 0.1) is 0 Å². The number of fused-ring (bicyclic) bond motifs is 1. The van der Waals surface area contributed by atoms with Crippen LogP contribution in [0.2, 0.25) is 10.0 Å². The zero-order valence-electron chi connectivity index (χ0n) is 11.4. The summed E-state index contributed by atoms with van der Waals surface area (Å²) in [7, 11) is 0. The molecule has 4 heteroatoms. The Kier molecular flexibility index (Phi) is 4.18. The van der Waals surface area contributed by atoms with Gasteiger partial charge in [-0.1, -0.05) is 47.5 Å². The van der Waals surface area contributed by atoms with Crippen LogP contribution in [0.15, 0.2) is 42.5 Å². The van der Waals surface area contributed by atoms with Gasteiger partial charge in [-0.3, -0.25) is 4.79 Å². The highest BCUT2D eigenvalue weighted by atomic mass is 35.5. The van der Waals surface area contributed by atoms with E-state index in [-0.39, 0.29) is 11.8 Å². The van der Waals surface area contributed by atoms with Crippen LogP contribution < -0.4 is 5.32 Å². The van der Waals surface area contributed by atoms with Crippen molar-refractivity contribution in [3.63, 3.8) is 0 Å². The molecule has 0 fully saturated rings. The van der Waals surface area contributed by atoms with Crippen molar-refractivity contribution in [1.82, 2.24) is 0 Å². The van der Waals surface area contributed by atoms with Crippen LogP contribution in [0.3, 0.4) is 0 Å². The second-order valence-electron chi connectivity index (χ2n) is 5.26. The maximum atomic E-state index is 12.6. The van der Waals surface area contributed by atoms with Crippen molar-refractivity contribution in [2.24, 2.45) is 0 Å². The molecule has 0 saturated carbocycles. The summed E-state index contributed by atoms with van der Waals surface area (Å²) in [6.07, 6.45) is 2.93. The summed E-state index contributed by atoms with van der Waals surface area (Å²) in [5.41, 5.74) is 2.96. The third kappa shape index (κ3) is 3.07. The van der Waals surface area contributed by atoms with E-state index in [0.717, 1.165) is 24.8 Å². The van der Waals surface area contributed by atoms with Gasteiger partial charge in [0.05, 0.1) is 16.6 Å². The topological polar surface area (TPSA) is 29.1 Å². The minimum Gasteiger partial charge on any atom is -0.324 e. The van der Waals surface area contributed by atoms with Gasteiger partial charge in [0, 0.05) is 5.02 Å². The summed E-state index contributed by atoms with van der Waals surface area (Å²) >= 11 is 12.1. The number of aryl methyl sites for hydroxylation is 1. The minimum atomic E-state index is -0.120. The van der Waals surface area contributed by atoms with Crippen LogP contribution in [0.4, 0.5) is 5.69 Å². The molecule has 2 aromatic carbocycles. The number of rotatable bonds is 2. The third-order valence-electron chi connectivity index (χ3n) is 3.87.